The summed E-state index contributed by atoms with van der Waals surface area (Å²) in [5, 5.41) is 9.89. The number of aromatic amines is 2. The normalized spacial score (nSPS) is 17.9. The molecule has 0 atom stereocenters. The van der Waals surface area contributed by atoms with Gasteiger partial charge in [0.1, 0.15) is 0 Å². The van der Waals surface area contributed by atoms with Gasteiger partial charge in [0.25, 0.3) is 0 Å². The van der Waals surface area contributed by atoms with Crippen LogP contribution >= 0.6 is 0 Å². The maximum absolute atomic E-state index is 4.88. The monoisotopic (exact) mass is 438 g/mol. The van der Waals surface area contributed by atoms with E-state index < -0.39 is 0 Å². The Balaban J connectivity index is 1.25. The molecule has 2 aromatic carbocycles. The molecule has 33 heavy (non-hydrogen) atoms. The summed E-state index contributed by atoms with van der Waals surface area (Å²) in [6.07, 6.45) is 6.93. The van der Waals surface area contributed by atoms with Crippen molar-refractivity contribution in [1.82, 2.24) is 25.0 Å². The van der Waals surface area contributed by atoms with Gasteiger partial charge in [0.2, 0.25) is 0 Å². The summed E-state index contributed by atoms with van der Waals surface area (Å²) in [5.74, 6) is 0. The second-order valence-corrected chi connectivity index (χ2v) is 9.55. The molecule has 2 aromatic heterocycles. The van der Waals surface area contributed by atoms with E-state index in [4.69, 9.17) is 4.99 Å². The number of aromatic nitrogens is 3. The average molecular weight is 439 g/mol. The molecule has 6 nitrogen and oxygen atoms in total. The Morgan fingerprint density at radius 1 is 0.970 bits per heavy atom. The van der Waals surface area contributed by atoms with Gasteiger partial charge in [-0.15, -0.1) is 0 Å². The lowest BCUT2D eigenvalue weighted by Crippen LogP contribution is -2.49. The highest BCUT2D eigenvalue weighted by atomic mass is 15.3. The highest BCUT2D eigenvalue weighted by Crippen LogP contribution is 2.33. The van der Waals surface area contributed by atoms with Gasteiger partial charge in [0.05, 0.1) is 17.4 Å². The maximum Gasteiger partial charge on any atom is 0.0663 e. The van der Waals surface area contributed by atoms with Crippen molar-refractivity contribution in [2.75, 3.05) is 32.7 Å². The summed E-state index contributed by atoms with van der Waals surface area (Å²) in [6, 6.07) is 13.7. The maximum atomic E-state index is 4.88. The third kappa shape index (κ3) is 3.79. The van der Waals surface area contributed by atoms with E-state index in [0.29, 0.717) is 6.04 Å². The van der Waals surface area contributed by atoms with Gasteiger partial charge < -0.3 is 4.98 Å². The van der Waals surface area contributed by atoms with Crippen molar-refractivity contribution in [3.63, 3.8) is 0 Å². The molecule has 0 amide bonds. The van der Waals surface area contributed by atoms with Crippen LogP contribution in [-0.4, -0.2) is 69.5 Å². The van der Waals surface area contributed by atoms with Crippen LogP contribution in [0.5, 0.6) is 0 Å². The van der Waals surface area contributed by atoms with E-state index in [1.807, 2.05) is 12.4 Å². The minimum absolute atomic E-state index is 0.634. The molecule has 1 fully saturated rings. The number of rotatable bonds is 5. The predicted molar refractivity (Wildman–Crippen MR) is 136 cm³/mol. The van der Waals surface area contributed by atoms with Crippen LogP contribution in [0.1, 0.15) is 25.8 Å². The molecule has 0 radical (unpaired) electrons. The van der Waals surface area contributed by atoms with E-state index >= 15 is 0 Å². The topological polar surface area (TPSA) is 63.3 Å². The molecule has 0 saturated carbocycles. The highest BCUT2D eigenvalue weighted by Gasteiger charge is 2.22. The van der Waals surface area contributed by atoms with Gasteiger partial charge in [0, 0.05) is 79.4 Å². The fourth-order valence-corrected chi connectivity index (χ4v) is 5.24. The first-order chi connectivity index (χ1) is 16.2. The van der Waals surface area contributed by atoms with Crippen LogP contribution in [0.3, 0.4) is 0 Å². The second kappa shape index (κ2) is 8.28. The van der Waals surface area contributed by atoms with Gasteiger partial charge in [-0.25, -0.2) is 0 Å². The van der Waals surface area contributed by atoms with Gasteiger partial charge in [-0.05, 0) is 54.8 Å². The van der Waals surface area contributed by atoms with Gasteiger partial charge in [0.15, 0.2) is 0 Å². The van der Waals surface area contributed by atoms with E-state index in [2.05, 4.69) is 81.4 Å². The summed E-state index contributed by atoms with van der Waals surface area (Å²) in [4.78, 5) is 13.3. The number of H-pyrrole nitrogens is 2. The quantitative estimate of drug-likeness (QED) is 0.470. The first-order valence-electron chi connectivity index (χ1n) is 11.9. The van der Waals surface area contributed by atoms with E-state index in [1.54, 1.807) is 0 Å². The van der Waals surface area contributed by atoms with Crippen molar-refractivity contribution >= 4 is 27.5 Å². The lowest BCUT2D eigenvalue weighted by atomic mass is 9.94. The number of piperazine rings is 1. The van der Waals surface area contributed by atoms with Crippen molar-refractivity contribution in [2.45, 2.75) is 26.3 Å². The van der Waals surface area contributed by atoms with Crippen molar-refractivity contribution in [3.8, 4) is 11.1 Å². The lowest BCUT2D eigenvalue weighted by molar-refractivity contribution is 0.115. The Labute approximate surface area is 194 Å². The first-order valence-corrected chi connectivity index (χ1v) is 11.9. The Kier molecular flexibility index (Phi) is 5.12. The van der Waals surface area contributed by atoms with Crippen LogP contribution in [-0.2, 0) is 0 Å². The molecule has 0 aliphatic carbocycles. The average Bonchev–Trinajstić information content (AvgIpc) is 3.59. The Morgan fingerprint density at radius 3 is 2.70 bits per heavy atom. The molecule has 4 heterocycles. The van der Waals surface area contributed by atoms with E-state index in [0.717, 1.165) is 61.3 Å². The molecule has 6 rings (SSSR count). The molecule has 2 aliphatic heterocycles. The van der Waals surface area contributed by atoms with E-state index in [1.165, 1.54) is 27.6 Å². The Morgan fingerprint density at radius 2 is 1.85 bits per heavy atom. The number of hydrogen-bond acceptors (Lipinski definition) is 4. The van der Waals surface area contributed by atoms with Gasteiger partial charge in [-0.2, -0.15) is 5.10 Å². The fourth-order valence-electron chi connectivity index (χ4n) is 5.24. The van der Waals surface area contributed by atoms with Gasteiger partial charge >= 0.3 is 0 Å². The minimum atomic E-state index is 0.634. The predicted octanol–water partition coefficient (Wildman–Crippen LogP) is 4.81. The number of aliphatic imine (C=N–C) groups is 1. The number of fused-ring (bicyclic) bond motifs is 2. The standard InChI is InChI=1S/C27H30N6/c1-18(2)33-10-8-32(9-11-33)17-19-12-26(29-15-19)23-13-20(14-27-24(23)16-30-31-27)21-4-3-5-25-22(21)6-7-28-25/h3-7,13-16,18,28H,8-12,17H2,1-2H3,(H,30,31). The van der Waals surface area contributed by atoms with Crippen molar-refractivity contribution in [3.05, 3.63) is 66.1 Å². The summed E-state index contributed by atoms with van der Waals surface area (Å²) >= 11 is 0. The zero-order valence-electron chi connectivity index (χ0n) is 19.3. The SMILES string of the molecule is CC(C)N1CCN(CC2=CN=C(c3cc(-c4cccc5[nH]ccc45)cc4[nH]ncc34)C2)CC1. The molecule has 6 heteroatoms. The van der Waals surface area contributed by atoms with Crippen LogP contribution in [0.4, 0.5) is 0 Å². The van der Waals surface area contributed by atoms with Crippen LogP contribution in [0.15, 0.2) is 65.6 Å². The first kappa shape index (κ1) is 20.4. The van der Waals surface area contributed by atoms with Crippen LogP contribution in [0.2, 0.25) is 0 Å². The molecule has 2 N–H and O–H groups in total. The highest BCUT2D eigenvalue weighted by molar-refractivity contribution is 6.14. The molecule has 168 valence electrons. The molecular weight excluding hydrogens is 408 g/mol. The summed E-state index contributed by atoms with van der Waals surface area (Å²) in [6.45, 7) is 10.2. The lowest BCUT2D eigenvalue weighted by Gasteiger charge is -2.37. The third-order valence-electron chi connectivity index (χ3n) is 7.14. The van der Waals surface area contributed by atoms with E-state index in [9.17, 15) is 0 Å². The van der Waals surface area contributed by atoms with Crippen molar-refractivity contribution < 1.29 is 0 Å². The number of benzene rings is 2. The van der Waals surface area contributed by atoms with Crippen molar-refractivity contribution in [1.29, 1.82) is 0 Å². The Bertz CT molecular complexity index is 1360. The molecule has 0 bridgehead atoms. The molecule has 4 aromatic rings. The smallest absolute Gasteiger partial charge is 0.0663 e. The molecule has 1 saturated heterocycles. The number of nitrogens with zero attached hydrogens (tertiary/aromatic N) is 4. The van der Waals surface area contributed by atoms with Gasteiger partial charge in [-0.1, -0.05) is 12.1 Å². The van der Waals surface area contributed by atoms with Crippen molar-refractivity contribution in [2.24, 2.45) is 4.99 Å². The van der Waals surface area contributed by atoms with Crippen LogP contribution in [0, 0.1) is 0 Å². The summed E-state index contributed by atoms with van der Waals surface area (Å²) in [5.41, 5.74) is 8.33. The zero-order chi connectivity index (χ0) is 22.4. The van der Waals surface area contributed by atoms with Crippen LogP contribution in [0.25, 0.3) is 32.9 Å². The Hall–Kier alpha value is -3.22. The molecular formula is C27H30N6. The van der Waals surface area contributed by atoms with E-state index in [-0.39, 0.29) is 0 Å². The zero-order valence-corrected chi connectivity index (χ0v) is 19.3. The summed E-state index contributed by atoms with van der Waals surface area (Å²) in [7, 11) is 0. The number of nitrogens with one attached hydrogen (secondary N) is 2. The summed E-state index contributed by atoms with van der Waals surface area (Å²) < 4.78 is 0. The largest absolute Gasteiger partial charge is 0.361 e. The molecule has 0 unspecified atom stereocenters. The fraction of sp³-hybridized carbons (Fsp3) is 0.333. The van der Waals surface area contributed by atoms with Gasteiger partial charge in [-0.3, -0.25) is 19.9 Å². The molecule has 0 spiro atoms. The minimum Gasteiger partial charge on any atom is -0.361 e. The second-order valence-electron chi connectivity index (χ2n) is 9.55. The number of hydrogen-bond donors (Lipinski definition) is 2. The molecule has 2 aliphatic rings. The third-order valence-corrected chi connectivity index (χ3v) is 7.14. The van der Waals surface area contributed by atoms with Crippen LogP contribution < -0.4 is 0 Å².